The number of carbonyl (C=O) groups excluding carboxylic acids is 5. The summed E-state index contributed by atoms with van der Waals surface area (Å²) in [5.74, 6) is -0.942. The van der Waals surface area contributed by atoms with E-state index in [1.807, 2.05) is 14.6 Å². The summed E-state index contributed by atoms with van der Waals surface area (Å²) in [6.45, 7) is 1.74. The van der Waals surface area contributed by atoms with Gasteiger partial charge in [0.25, 0.3) is 0 Å². The van der Waals surface area contributed by atoms with Crippen molar-refractivity contribution in [1.29, 1.82) is 0 Å². The largest absolute Gasteiger partial charge is 0.337 e. The van der Waals surface area contributed by atoms with Crippen LogP contribution in [0.25, 0.3) is 0 Å². The summed E-state index contributed by atoms with van der Waals surface area (Å²) in [6, 6.07) is 0. The Labute approximate surface area is 188 Å². The molecule has 9 heteroatoms. The number of nitrogens with zero attached hydrogens (tertiary/aromatic N) is 2. The number of hydrogen-bond donors (Lipinski definition) is 0. The van der Waals surface area contributed by atoms with Crippen LogP contribution in [0.2, 0.25) is 6.82 Å². The van der Waals surface area contributed by atoms with Crippen LogP contribution < -0.4 is 0 Å². The normalized spacial score (nSPS) is 52.5. The van der Waals surface area contributed by atoms with Gasteiger partial charge in [0.2, 0.25) is 30.4 Å². The molecule has 4 amide bonds. The zero-order valence-electron chi connectivity index (χ0n) is 18.9. The molecule has 32 heavy (non-hydrogen) atoms. The third-order valence-electron chi connectivity index (χ3n) is 11.2. The quantitative estimate of drug-likeness (QED) is 0.428. The smallest absolute Gasteiger partial charge is 0.233 e. The van der Waals surface area contributed by atoms with Crippen LogP contribution in [0.15, 0.2) is 0 Å². The maximum atomic E-state index is 14.4. The molecule has 2 heterocycles. The van der Waals surface area contributed by atoms with E-state index in [0.29, 0.717) is 0 Å². The predicted octanol–water partition coefficient (Wildman–Crippen LogP) is -0.0150. The van der Waals surface area contributed by atoms with Gasteiger partial charge in [-0.05, 0) is 62.2 Å². The molecule has 7 aliphatic rings. The second-order valence-corrected chi connectivity index (χ2v) is 12.2. The Morgan fingerprint density at radius 3 is 1.75 bits per heavy atom. The standard InChI is InChI=1S/C23H28B2N2O5/c1-25(24)27-19(30)14-10-6-12(16(14)20(27)31)23(8-10)4-3-22(21(23)32)7-9-5-11(22)15-13(9)17(28)26(2)18(15)29/h9-16H,3-8,24H2,1-2H3/t9?,10-,11+,12-,13?,14-,15-,16?,22+,23-/m0/s1. The Kier molecular flexibility index (Phi) is 3.41. The molecule has 3 unspecified atom stereocenters. The molecule has 166 valence electrons. The monoisotopic (exact) mass is 434 g/mol. The van der Waals surface area contributed by atoms with E-state index in [1.54, 1.807) is 7.05 Å². The van der Waals surface area contributed by atoms with Gasteiger partial charge in [-0.2, -0.15) is 0 Å². The summed E-state index contributed by atoms with van der Waals surface area (Å²) in [5.41, 5.74) is -1.01. The Bertz CT molecular complexity index is 1050. The predicted molar refractivity (Wildman–Crippen MR) is 115 cm³/mol. The number of hydrogen-bond acceptors (Lipinski definition) is 5. The van der Waals surface area contributed by atoms with Crippen LogP contribution in [-0.4, -0.2) is 60.6 Å². The second-order valence-electron chi connectivity index (χ2n) is 12.2. The molecule has 5 saturated carbocycles. The van der Waals surface area contributed by atoms with Crippen molar-refractivity contribution in [2.45, 2.75) is 45.3 Å². The molecular formula is C23H28B2N2O5. The van der Waals surface area contributed by atoms with Gasteiger partial charge in [0.15, 0.2) is 0 Å². The molecule has 0 radical (unpaired) electrons. The SMILES string of the molecule is BB(C)N1C(=O)C2[C@@H](C1=O)[C@H]1C[C@@H]2[C@]2(CC[C@]3(CC4C[C@@H]3[C@@H]3C(=O)N(C)C(=O)C43)C2=O)C1. The maximum Gasteiger partial charge on any atom is 0.233 e. The lowest BCUT2D eigenvalue weighted by atomic mass is 9.43. The first-order valence-electron chi connectivity index (χ1n) is 12.4. The number of Topliss-reactive ketones (excluding diaryl/α,β-unsaturated/α-hetero) is 1. The van der Waals surface area contributed by atoms with Gasteiger partial charge in [-0.15, -0.1) is 0 Å². The van der Waals surface area contributed by atoms with Gasteiger partial charge in [0.1, 0.15) is 13.5 Å². The molecule has 7 rings (SSSR count). The number of amides is 4. The van der Waals surface area contributed by atoms with Gasteiger partial charge in [0, 0.05) is 17.9 Å². The summed E-state index contributed by atoms with van der Waals surface area (Å²) in [4.78, 5) is 69.0. The highest BCUT2D eigenvalue weighted by molar-refractivity contribution is 7.03. The number of carbonyl (C=O) groups is 5. The fourth-order valence-electron chi connectivity index (χ4n) is 10.2. The van der Waals surface area contributed by atoms with E-state index < -0.39 is 10.8 Å². The van der Waals surface area contributed by atoms with E-state index in [4.69, 9.17) is 0 Å². The van der Waals surface area contributed by atoms with E-state index >= 15 is 0 Å². The lowest BCUT2D eigenvalue weighted by Gasteiger charge is -2.42. The molecule has 0 aromatic heterocycles. The molecule has 0 N–H and O–H groups in total. The second kappa shape index (κ2) is 5.58. The van der Waals surface area contributed by atoms with E-state index in [-0.39, 0.29) is 83.5 Å². The molecule has 7 fully saturated rings. The first kappa shape index (κ1) is 19.5. The Balaban J connectivity index is 1.24. The number of ketones is 1. The fraction of sp³-hybridized carbons (Fsp3) is 0.783. The minimum absolute atomic E-state index is 0.0293. The minimum Gasteiger partial charge on any atom is -0.337 e. The fourth-order valence-corrected chi connectivity index (χ4v) is 10.2. The van der Waals surface area contributed by atoms with Crippen LogP contribution in [0.1, 0.15) is 38.5 Å². The zero-order chi connectivity index (χ0) is 22.5. The van der Waals surface area contributed by atoms with Crippen LogP contribution in [-0.2, 0) is 24.0 Å². The average Bonchev–Trinajstić information content (AvgIpc) is 3.57. The van der Waals surface area contributed by atoms with Crippen LogP contribution in [0.4, 0.5) is 0 Å². The van der Waals surface area contributed by atoms with Crippen molar-refractivity contribution in [2.75, 3.05) is 7.05 Å². The van der Waals surface area contributed by atoms with Gasteiger partial charge in [-0.3, -0.25) is 28.9 Å². The Morgan fingerprint density at radius 2 is 1.22 bits per heavy atom. The van der Waals surface area contributed by atoms with Crippen molar-refractivity contribution >= 4 is 43.9 Å². The molecule has 0 aromatic carbocycles. The Hall–Kier alpha value is -1.92. The summed E-state index contributed by atoms with van der Waals surface area (Å²) >= 11 is 0. The summed E-state index contributed by atoms with van der Waals surface area (Å²) in [5, 5.41) is 0. The van der Waals surface area contributed by atoms with E-state index in [9.17, 15) is 24.0 Å². The lowest BCUT2D eigenvalue weighted by Crippen LogP contribution is -2.49. The van der Waals surface area contributed by atoms with Crippen LogP contribution in [0, 0.1) is 58.2 Å². The van der Waals surface area contributed by atoms with Crippen LogP contribution in [0.3, 0.4) is 0 Å². The van der Waals surface area contributed by atoms with Crippen molar-refractivity contribution in [3.8, 4) is 0 Å². The van der Waals surface area contributed by atoms with Crippen molar-refractivity contribution in [1.82, 2.24) is 9.71 Å². The Morgan fingerprint density at radius 1 is 0.781 bits per heavy atom. The first-order chi connectivity index (χ1) is 15.1. The van der Waals surface area contributed by atoms with Crippen molar-refractivity contribution in [2.24, 2.45) is 58.2 Å². The highest BCUT2D eigenvalue weighted by atomic mass is 16.2. The number of imide groups is 2. The lowest BCUT2D eigenvalue weighted by molar-refractivity contribution is -0.145. The molecule has 2 saturated heterocycles. The molecule has 0 aromatic rings. The van der Waals surface area contributed by atoms with Crippen LogP contribution >= 0.6 is 0 Å². The first-order valence-corrected chi connectivity index (χ1v) is 12.4. The van der Waals surface area contributed by atoms with Crippen LogP contribution in [0.5, 0.6) is 0 Å². The summed E-state index contributed by atoms with van der Waals surface area (Å²) in [7, 11) is 3.46. The number of likely N-dealkylation sites (tertiary alicyclic amines) is 1. The molecule has 4 bridgehead atoms. The van der Waals surface area contributed by atoms with Gasteiger partial charge in [-0.25, -0.2) is 0 Å². The number of rotatable bonds is 1. The molecule has 2 spiro atoms. The highest BCUT2D eigenvalue weighted by Crippen LogP contribution is 2.75. The van der Waals surface area contributed by atoms with Crippen molar-refractivity contribution < 1.29 is 24.0 Å². The van der Waals surface area contributed by atoms with E-state index in [0.717, 1.165) is 38.5 Å². The number of fused-ring (bicyclic) bond motifs is 12. The molecule has 2 aliphatic heterocycles. The molecule has 10 atom stereocenters. The third kappa shape index (κ3) is 1.80. The molecule has 7 nitrogen and oxygen atoms in total. The van der Waals surface area contributed by atoms with Gasteiger partial charge >= 0.3 is 0 Å². The molecular weight excluding hydrogens is 406 g/mol. The topological polar surface area (TPSA) is 91.8 Å². The average molecular weight is 434 g/mol. The van der Waals surface area contributed by atoms with E-state index in [1.165, 1.54) is 9.71 Å². The summed E-state index contributed by atoms with van der Waals surface area (Å²) in [6.07, 6.45) is 4.61. The molecule has 5 aliphatic carbocycles. The van der Waals surface area contributed by atoms with Gasteiger partial charge in [0.05, 0.1) is 23.7 Å². The zero-order valence-corrected chi connectivity index (χ0v) is 18.9. The minimum atomic E-state index is -0.508. The highest BCUT2D eigenvalue weighted by Gasteiger charge is 2.78. The van der Waals surface area contributed by atoms with Crippen molar-refractivity contribution in [3.63, 3.8) is 0 Å². The van der Waals surface area contributed by atoms with Gasteiger partial charge in [-0.1, -0.05) is 6.82 Å². The van der Waals surface area contributed by atoms with E-state index in [2.05, 4.69) is 0 Å². The third-order valence-corrected chi connectivity index (χ3v) is 11.2. The maximum absolute atomic E-state index is 14.4. The van der Waals surface area contributed by atoms with Crippen molar-refractivity contribution in [3.05, 3.63) is 0 Å². The summed E-state index contributed by atoms with van der Waals surface area (Å²) < 4.78 is 0. The van der Waals surface area contributed by atoms with Gasteiger partial charge < -0.3 is 4.81 Å².